The molecule has 0 radical (unpaired) electrons. The van der Waals surface area contributed by atoms with Crippen LogP contribution in [0.1, 0.15) is 32.4 Å². The fourth-order valence-electron chi connectivity index (χ4n) is 2.95. The molecule has 148 valence electrons. The first-order chi connectivity index (χ1) is 13.6. The fourth-order valence-corrected chi connectivity index (χ4v) is 3.26. The first-order valence-corrected chi connectivity index (χ1v) is 10.5. The largest absolute Gasteiger partial charge is 0.366 e. The number of nitrogens with zero attached hydrogens (tertiary/aromatic N) is 7. The average Bonchev–Trinajstić information content (AvgIpc) is 3.11. The maximum Gasteiger partial charge on any atom is 0.230 e. The molecule has 0 aromatic carbocycles. The molecule has 4 rings (SSSR count). The van der Waals surface area contributed by atoms with E-state index >= 15 is 0 Å². The molecule has 2 N–H and O–H groups in total. The van der Waals surface area contributed by atoms with Crippen LogP contribution in [-0.4, -0.2) is 64.3 Å². The summed E-state index contributed by atoms with van der Waals surface area (Å²) in [5.41, 5.74) is 0.343. The van der Waals surface area contributed by atoms with Crippen LogP contribution >= 0.6 is 15.9 Å². The van der Waals surface area contributed by atoms with Gasteiger partial charge in [-0.05, 0) is 47.9 Å². The molecule has 3 aromatic heterocycles. The molecule has 0 atom stereocenters. The van der Waals surface area contributed by atoms with Crippen molar-refractivity contribution in [1.29, 1.82) is 0 Å². The maximum absolute atomic E-state index is 4.88. The van der Waals surface area contributed by atoms with Gasteiger partial charge in [0.1, 0.15) is 40.7 Å². The van der Waals surface area contributed by atoms with Gasteiger partial charge in [-0.15, -0.1) is 0 Å². The second kappa shape index (κ2) is 7.19. The number of halogens is 1. The summed E-state index contributed by atoms with van der Waals surface area (Å²) < 4.78 is 2.80. The lowest BCUT2D eigenvalue weighted by molar-refractivity contribution is 0.331. The summed E-state index contributed by atoms with van der Waals surface area (Å²) in [6.07, 6.45) is 7.46. The molecule has 1 aliphatic carbocycles. The zero-order chi connectivity index (χ0) is 20.8. The second-order valence-corrected chi connectivity index (χ2v) is 9.66. The van der Waals surface area contributed by atoms with Crippen molar-refractivity contribution in [3.05, 3.63) is 34.8 Å². The van der Waals surface area contributed by atoms with Crippen molar-refractivity contribution in [3.63, 3.8) is 0 Å². The number of anilines is 3. The van der Waals surface area contributed by atoms with Crippen molar-refractivity contribution in [3.8, 4) is 0 Å². The summed E-state index contributed by atoms with van der Waals surface area (Å²) in [6, 6.07) is 2.51. The number of rotatable bonds is 7. The molecule has 0 aliphatic heterocycles. The summed E-state index contributed by atoms with van der Waals surface area (Å²) >= 11 is 3.52. The summed E-state index contributed by atoms with van der Waals surface area (Å²) in [5.74, 6) is 2.13. The van der Waals surface area contributed by atoms with E-state index in [0.29, 0.717) is 12.0 Å². The number of hydrogen-bond acceptors (Lipinski definition) is 7. The molecule has 0 spiro atoms. The van der Waals surface area contributed by atoms with Crippen LogP contribution in [0, 0.1) is 0 Å². The maximum atomic E-state index is 4.88. The van der Waals surface area contributed by atoms with E-state index < -0.39 is 5.54 Å². The Morgan fingerprint density at radius 1 is 1.17 bits per heavy atom. The van der Waals surface area contributed by atoms with E-state index in [1.807, 2.05) is 24.6 Å². The highest BCUT2D eigenvalue weighted by Crippen LogP contribution is 2.31. The highest BCUT2D eigenvalue weighted by molar-refractivity contribution is 9.10. The topological polar surface area (TPSA) is 98.4 Å². The van der Waals surface area contributed by atoms with Gasteiger partial charge in [-0.1, -0.05) is 0 Å². The molecule has 0 saturated heterocycles. The van der Waals surface area contributed by atoms with Gasteiger partial charge in [0.2, 0.25) is 5.95 Å². The van der Waals surface area contributed by atoms with Crippen molar-refractivity contribution in [2.45, 2.75) is 43.5 Å². The van der Waals surface area contributed by atoms with Gasteiger partial charge < -0.3 is 10.6 Å². The Balaban J connectivity index is 1.69. The molecule has 0 amide bonds. The first-order valence-electron chi connectivity index (χ1n) is 9.68. The first kappa shape index (κ1) is 20.0. The van der Waals surface area contributed by atoms with Crippen LogP contribution in [0.25, 0.3) is 0 Å². The molecule has 0 unspecified atom stereocenters. The van der Waals surface area contributed by atoms with Crippen LogP contribution in [0.4, 0.5) is 17.6 Å². The lowest BCUT2D eigenvalue weighted by Gasteiger charge is -2.24. The number of aromatic nitrogens is 7. The normalized spacial score (nSPS) is 14.7. The predicted octanol–water partition coefficient (Wildman–Crippen LogP) is -0.405. The van der Waals surface area contributed by atoms with Crippen LogP contribution in [0.15, 0.2) is 29.1 Å². The van der Waals surface area contributed by atoms with Crippen molar-refractivity contribution in [2.75, 3.05) is 10.6 Å². The molecule has 29 heavy (non-hydrogen) atoms. The third-order valence-electron chi connectivity index (χ3n) is 4.79. The highest BCUT2D eigenvalue weighted by atomic mass is 79.9. The van der Waals surface area contributed by atoms with Gasteiger partial charge in [0, 0.05) is 18.3 Å². The van der Waals surface area contributed by atoms with Gasteiger partial charge in [0.15, 0.2) is 0 Å². The molecule has 1 saturated carbocycles. The van der Waals surface area contributed by atoms with Gasteiger partial charge in [-0.25, -0.2) is 4.98 Å². The molecular weight excluding hydrogens is 431 g/mol. The Bertz CT molecular complexity index is 1010. The van der Waals surface area contributed by atoms with Crippen LogP contribution in [-0.2, 0) is 10.8 Å². The minimum atomic E-state index is -0.504. The van der Waals surface area contributed by atoms with Gasteiger partial charge in [0.25, 0.3) is 0 Å². The van der Waals surface area contributed by atoms with Gasteiger partial charge in [0.05, 0.1) is 22.6 Å². The quantitative estimate of drug-likeness (QED) is 0.470. The zero-order valence-electron chi connectivity index (χ0n) is 17.3. The summed E-state index contributed by atoms with van der Waals surface area (Å²) in [7, 11) is 6.32. The third kappa shape index (κ3) is 4.19. The smallest absolute Gasteiger partial charge is 0.230 e. The molecule has 3 heterocycles. The SMILES string of the molecule is BC(B)(B)n1nc(C(C)(C)n2nccn2)cc1Nc1ncc(Br)c(NC2CC2)n1. The summed E-state index contributed by atoms with van der Waals surface area (Å²) in [5, 5.41) is 20.0. The van der Waals surface area contributed by atoms with E-state index in [9.17, 15) is 0 Å². The van der Waals surface area contributed by atoms with Crippen LogP contribution in [0.3, 0.4) is 0 Å². The van der Waals surface area contributed by atoms with E-state index in [0.717, 1.165) is 21.8 Å². The van der Waals surface area contributed by atoms with Crippen molar-refractivity contribution >= 4 is 57.1 Å². The molecule has 9 nitrogen and oxygen atoms in total. The Kier molecular flexibility index (Phi) is 4.96. The minimum absolute atomic E-state index is 0.237. The molecule has 13 heteroatoms. The Morgan fingerprint density at radius 3 is 2.48 bits per heavy atom. The van der Waals surface area contributed by atoms with Gasteiger partial charge >= 0.3 is 0 Å². The predicted molar refractivity (Wildman–Crippen MR) is 124 cm³/mol. The standard InChI is InChI=1S/C16H23B3BrN9/c1-15(2,29-22-5-6-23-29)11-7-12(28(27-11)16(17,18)19)25-14-21-8-10(20)13(26-14)24-9-3-4-9/h5-9H,3-4,17-19H2,1-2H3,(H2,21,24,25,26). The van der Waals surface area contributed by atoms with Crippen molar-refractivity contribution < 1.29 is 0 Å². The average molecular weight is 454 g/mol. The third-order valence-corrected chi connectivity index (χ3v) is 5.37. The van der Waals surface area contributed by atoms with Crippen LogP contribution in [0.2, 0.25) is 0 Å². The summed E-state index contributed by atoms with van der Waals surface area (Å²) in [4.78, 5) is 10.7. The van der Waals surface area contributed by atoms with E-state index in [2.05, 4.69) is 70.3 Å². The number of hydrogen-bond donors (Lipinski definition) is 2. The van der Waals surface area contributed by atoms with Crippen LogP contribution in [0.5, 0.6) is 0 Å². The molecule has 3 aromatic rings. The van der Waals surface area contributed by atoms with Gasteiger partial charge in [-0.3, -0.25) is 4.68 Å². The molecule has 0 bridgehead atoms. The van der Waals surface area contributed by atoms with Crippen molar-refractivity contribution in [2.24, 2.45) is 0 Å². The molecular formula is C16H23B3BrN9. The second-order valence-electron chi connectivity index (χ2n) is 8.81. The van der Waals surface area contributed by atoms with E-state index in [1.165, 1.54) is 12.8 Å². The van der Waals surface area contributed by atoms with Gasteiger partial charge in [-0.2, -0.15) is 25.1 Å². The zero-order valence-corrected chi connectivity index (χ0v) is 18.9. The Labute approximate surface area is 180 Å². The summed E-state index contributed by atoms with van der Waals surface area (Å²) in [6.45, 7) is 4.08. The Morgan fingerprint density at radius 2 is 1.86 bits per heavy atom. The monoisotopic (exact) mass is 453 g/mol. The Hall–Kier alpha value is -2.30. The minimum Gasteiger partial charge on any atom is -0.366 e. The lowest BCUT2D eigenvalue weighted by Crippen LogP contribution is -2.38. The van der Waals surface area contributed by atoms with E-state index in [1.54, 1.807) is 23.4 Å². The molecule has 1 fully saturated rings. The van der Waals surface area contributed by atoms with E-state index in [4.69, 9.17) is 5.10 Å². The fraction of sp³-hybridized carbons (Fsp3) is 0.438. The molecule has 1 aliphatic rings. The van der Waals surface area contributed by atoms with Crippen molar-refractivity contribution in [1.82, 2.24) is 34.7 Å². The van der Waals surface area contributed by atoms with Crippen LogP contribution < -0.4 is 10.6 Å². The van der Waals surface area contributed by atoms with E-state index in [-0.39, 0.29) is 5.24 Å². The lowest BCUT2D eigenvalue weighted by atomic mass is 9.49. The number of nitrogens with one attached hydrogen (secondary N) is 2. The highest BCUT2D eigenvalue weighted by Gasteiger charge is 2.31.